The molecule has 1 atom stereocenters. The Morgan fingerprint density at radius 2 is 1.57 bits per heavy atom. The summed E-state index contributed by atoms with van der Waals surface area (Å²) in [7, 11) is 0. The van der Waals surface area contributed by atoms with Crippen LogP contribution in [0.5, 0.6) is 0 Å². The zero-order valence-electron chi connectivity index (χ0n) is 17.1. The second-order valence-corrected chi connectivity index (χ2v) is 9.04. The van der Waals surface area contributed by atoms with Gasteiger partial charge in [0, 0.05) is 4.47 Å². The van der Waals surface area contributed by atoms with Crippen LogP contribution < -0.4 is 10.6 Å². The normalized spacial score (nSPS) is 13.1. The van der Waals surface area contributed by atoms with Gasteiger partial charge in [0.25, 0.3) is 5.91 Å². The monoisotopic (exact) mass is 624 g/mol. The number of rotatable bonds is 7. The Balaban J connectivity index is 2.15. The van der Waals surface area contributed by atoms with Gasteiger partial charge in [-0.05, 0) is 51.3 Å². The molecule has 0 bridgehead atoms. The number of hydrogen-bond acceptors (Lipinski definition) is 2. The van der Waals surface area contributed by atoms with Crippen LogP contribution in [0.15, 0.2) is 40.9 Å². The fourth-order valence-electron chi connectivity index (χ4n) is 2.71. The molecule has 14 heteroatoms. The standard InChI is InChI=1S/C21H14BrCl3F6N2O2/c22-14-5-10(1-3-12(14)19(35)32-8-17(34)33-9-20(26,27)28)2-4-13(21(29,30)31)11-6-15(23)18(25)16(24)7-11/h1-7,13H,8-9H2,(H,32,35)(H,33,34)/b4-2+. The van der Waals surface area contributed by atoms with E-state index in [0.29, 0.717) is 0 Å². The van der Waals surface area contributed by atoms with Gasteiger partial charge in [0.05, 0.1) is 33.1 Å². The van der Waals surface area contributed by atoms with Crippen LogP contribution in [-0.2, 0) is 4.79 Å². The molecule has 2 amide bonds. The Morgan fingerprint density at radius 3 is 2.09 bits per heavy atom. The molecule has 35 heavy (non-hydrogen) atoms. The molecule has 2 aromatic carbocycles. The second-order valence-electron chi connectivity index (χ2n) is 6.99. The van der Waals surface area contributed by atoms with Gasteiger partial charge in [-0.2, -0.15) is 26.3 Å². The highest BCUT2D eigenvalue weighted by molar-refractivity contribution is 9.10. The number of benzene rings is 2. The minimum absolute atomic E-state index is 0.00871. The summed E-state index contributed by atoms with van der Waals surface area (Å²) in [6, 6.07) is 6.09. The third-order valence-electron chi connectivity index (χ3n) is 4.33. The number of hydrogen-bond donors (Lipinski definition) is 2. The van der Waals surface area contributed by atoms with E-state index in [9.17, 15) is 35.9 Å². The number of nitrogens with one attached hydrogen (secondary N) is 2. The van der Waals surface area contributed by atoms with Crippen LogP contribution >= 0.6 is 50.7 Å². The molecule has 2 aromatic rings. The van der Waals surface area contributed by atoms with E-state index in [4.69, 9.17) is 34.8 Å². The van der Waals surface area contributed by atoms with Gasteiger partial charge in [-0.3, -0.25) is 9.59 Å². The van der Waals surface area contributed by atoms with Crippen LogP contribution in [0.1, 0.15) is 27.4 Å². The first-order valence-corrected chi connectivity index (χ1v) is 11.3. The summed E-state index contributed by atoms with van der Waals surface area (Å²) in [6.45, 7) is -2.25. The molecule has 0 aliphatic rings. The molecule has 4 nitrogen and oxygen atoms in total. The van der Waals surface area contributed by atoms with E-state index in [1.807, 2.05) is 0 Å². The maximum absolute atomic E-state index is 13.7. The Kier molecular flexibility index (Phi) is 9.92. The third kappa shape index (κ3) is 8.89. The molecule has 0 radical (unpaired) electrons. The maximum Gasteiger partial charge on any atom is 0.405 e. The van der Waals surface area contributed by atoms with E-state index in [-0.39, 0.29) is 36.2 Å². The SMILES string of the molecule is O=C(CNC(=O)c1ccc(/C=C/C(c2cc(Cl)c(Cl)c(Cl)c2)C(F)(F)F)cc1Br)NCC(F)(F)F. The Bertz CT molecular complexity index is 1120. The predicted molar refractivity (Wildman–Crippen MR) is 125 cm³/mol. The number of allylic oxidation sites excluding steroid dienone is 1. The van der Waals surface area contributed by atoms with E-state index in [1.54, 1.807) is 5.32 Å². The van der Waals surface area contributed by atoms with Crippen molar-refractivity contribution in [3.05, 3.63) is 72.6 Å². The topological polar surface area (TPSA) is 58.2 Å². The van der Waals surface area contributed by atoms with Crippen molar-refractivity contribution < 1.29 is 35.9 Å². The molecule has 1 unspecified atom stereocenters. The molecule has 0 saturated heterocycles. The first-order valence-electron chi connectivity index (χ1n) is 9.39. The zero-order chi connectivity index (χ0) is 26.6. The minimum Gasteiger partial charge on any atom is -0.345 e. The van der Waals surface area contributed by atoms with Crippen LogP contribution in [0.25, 0.3) is 6.08 Å². The molecule has 0 heterocycles. The minimum atomic E-state index is -4.68. The molecule has 0 aromatic heterocycles. The van der Waals surface area contributed by atoms with E-state index in [0.717, 1.165) is 18.2 Å². The number of halogens is 10. The van der Waals surface area contributed by atoms with Crippen molar-refractivity contribution in [3.63, 3.8) is 0 Å². The fraction of sp³-hybridized carbons (Fsp3) is 0.238. The summed E-state index contributed by atoms with van der Waals surface area (Å²) >= 11 is 20.6. The predicted octanol–water partition coefficient (Wildman–Crippen LogP) is 7.18. The average Bonchev–Trinajstić information content (AvgIpc) is 2.73. The third-order valence-corrected chi connectivity index (χ3v) is 6.19. The van der Waals surface area contributed by atoms with Gasteiger partial charge < -0.3 is 10.6 Å². The number of carbonyl (C=O) groups excluding carboxylic acids is 2. The lowest BCUT2D eigenvalue weighted by atomic mass is 9.97. The Labute approximate surface area is 218 Å². The van der Waals surface area contributed by atoms with Crippen LogP contribution in [0.2, 0.25) is 15.1 Å². The summed E-state index contributed by atoms with van der Waals surface area (Å²) in [5.74, 6) is -3.90. The molecule has 2 N–H and O–H groups in total. The maximum atomic E-state index is 13.7. The quantitative estimate of drug-likeness (QED) is 0.253. The highest BCUT2D eigenvalue weighted by Crippen LogP contribution is 2.41. The number of carbonyl (C=O) groups is 2. The van der Waals surface area contributed by atoms with Gasteiger partial charge in [-0.15, -0.1) is 0 Å². The van der Waals surface area contributed by atoms with Crippen molar-refractivity contribution in [2.75, 3.05) is 13.1 Å². The second kappa shape index (κ2) is 11.9. The molecule has 190 valence electrons. The molecule has 0 fully saturated rings. The van der Waals surface area contributed by atoms with Crippen LogP contribution in [0, 0.1) is 0 Å². The Morgan fingerprint density at radius 1 is 0.971 bits per heavy atom. The van der Waals surface area contributed by atoms with Crippen LogP contribution in [0.3, 0.4) is 0 Å². The van der Waals surface area contributed by atoms with E-state index < -0.39 is 43.2 Å². The van der Waals surface area contributed by atoms with Gasteiger partial charge in [0.2, 0.25) is 5.91 Å². The molecule has 0 aliphatic heterocycles. The van der Waals surface area contributed by atoms with Crippen molar-refractivity contribution in [3.8, 4) is 0 Å². The lowest BCUT2D eigenvalue weighted by Gasteiger charge is -2.18. The van der Waals surface area contributed by atoms with Crippen molar-refractivity contribution in [1.29, 1.82) is 0 Å². The van der Waals surface area contributed by atoms with Crippen molar-refractivity contribution in [2.45, 2.75) is 18.3 Å². The fourth-order valence-corrected chi connectivity index (χ4v) is 3.90. The highest BCUT2D eigenvalue weighted by atomic mass is 79.9. The number of alkyl halides is 6. The van der Waals surface area contributed by atoms with Gasteiger partial charge in [-0.1, -0.05) is 53.0 Å². The van der Waals surface area contributed by atoms with Gasteiger partial charge in [0.15, 0.2) is 0 Å². The van der Waals surface area contributed by atoms with Gasteiger partial charge in [0.1, 0.15) is 6.54 Å². The average molecular weight is 627 g/mol. The van der Waals surface area contributed by atoms with E-state index >= 15 is 0 Å². The van der Waals surface area contributed by atoms with E-state index in [1.165, 1.54) is 24.3 Å². The first kappa shape index (κ1) is 29.3. The molecular formula is C21H14BrCl3F6N2O2. The van der Waals surface area contributed by atoms with Gasteiger partial charge >= 0.3 is 12.4 Å². The van der Waals surface area contributed by atoms with Gasteiger partial charge in [-0.25, -0.2) is 0 Å². The smallest absolute Gasteiger partial charge is 0.345 e. The van der Waals surface area contributed by atoms with E-state index in [2.05, 4.69) is 21.2 Å². The summed E-state index contributed by atoms with van der Waals surface area (Å²) in [4.78, 5) is 23.6. The molecule has 0 saturated carbocycles. The molecule has 0 aliphatic carbocycles. The summed E-state index contributed by atoms with van der Waals surface area (Å²) < 4.78 is 77.5. The zero-order valence-corrected chi connectivity index (χ0v) is 21.0. The molecule has 0 spiro atoms. The first-order chi connectivity index (χ1) is 16.1. The van der Waals surface area contributed by atoms with Crippen molar-refractivity contribution in [2.24, 2.45) is 0 Å². The summed E-state index contributed by atoms with van der Waals surface area (Å²) in [5.41, 5.74) is 0.0678. The van der Waals surface area contributed by atoms with Crippen LogP contribution in [0.4, 0.5) is 26.3 Å². The lowest BCUT2D eigenvalue weighted by Crippen LogP contribution is -2.40. The Hall–Kier alpha value is -1.95. The number of amides is 2. The highest BCUT2D eigenvalue weighted by Gasteiger charge is 2.39. The molecule has 2 rings (SSSR count). The van der Waals surface area contributed by atoms with Crippen LogP contribution in [-0.4, -0.2) is 37.3 Å². The molecular weight excluding hydrogens is 612 g/mol. The summed E-state index contributed by atoms with van der Waals surface area (Å²) in [6.07, 6.45) is -7.22. The van der Waals surface area contributed by atoms with Crippen molar-refractivity contribution >= 4 is 68.6 Å². The summed E-state index contributed by atoms with van der Waals surface area (Å²) in [5, 5.41) is 3.41. The lowest BCUT2D eigenvalue weighted by molar-refractivity contribution is -0.139. The largest absolute Gasteiger partial charge is 0.405 e. The van der Waals surface area contributed by atoms with Crippen molar-refractivity contribution in [1.82, 2.24) is 10.6 Å².